The van der Waals surface area contributed by atoms with Crippen molar-refractivity contribution in [3.63, 3.8) is 0 Å². The Morgan fingerprint density at radius 1 is 1.50 bits per heavy atom. The van der Waals surface area contributed by atoms with E-state index in [1.165, 1.54) is 38.5 Å². The van der Waals surface area contributed by atoms with Gasteiger partial charge in [-0.15, -0.1) is 0 Å². The van der Waals surface area contributed by atoms with Crippen molar-refractivity contribution in [3.8, 4) is 0 Å². The van der Waals surface area contributed by atoms with Crippen molar-refractivity contribution in [1.82, 2.24) is 5.32 Å². The average Bonchev–Trinajstić information content (AvgIpc) is 2.91. The first kappa shape index (κ1) is 12.1. The van der Waals surface area contributed by atoms with Crippen LogP contribution in [0, 0.1) is 0 Å². The van der Waals surface area contributed by atoms with Crippen LogP contribution in [0.25, 0.3) is 0 Å². The first-order chi connectivity index (χ1) is 7.76. The highest BCUT2D eigenvalue weighted by Crippen LogP contribution is 2.35. The number of rotatable bonds is 5. The number of hydrogen-bond acceptors (Lipinski definition) is 2. The molecule has 1 heterocycles. The van der Waals surface area contributed by atoms with Gasteiger partial charge in [0, 0.05) is 6.61 Å². The zero-order valence-electron chi connectivity index (χ0n) is 10.7. The van der Waals surface area contributed by atoms with Gasteiger partial charge in [-0.1, -0.05) is 18.6 Å². The molecule has 1 saturated heterocycles. The smallest absolute Gasteiger partial charge is 0.0845 e. The van der Waals surface area contributed by atoms with Crippen LogP contribution in [-0.2, 0) is 4.74 Å². The van der Waals surface area contributed by atoms with Crippen LogP contribution in [0.1, 0.15) is 52.4 Å². The van der Waals surface area contributed by atoms with Crippen LogP contribution in [0.3, 0.4) is 0 Å². The quantitative estimate of drug-likeness (QED) is 0.723. The summed E-state index contributed by atoms with van der Waals surface area (Å²) in [6.45, 7) is 6.55. The van der Waals surface area contributed by atoms with Gasteiger partial charge in [-0.25, -0.2) is 0 Å². The normalized spacial score (nSPS) is 31.8. The lowest BCUT2D eigenvalue weighted by Crippen LogP contribution is -2.49. The number of nitrogens with one attached hydrogen (secondary N) is 1. The minimum absolute atomic E-state index is 0.0470. The van der Waals surface area contributed by atoms with Crippen LogP contribution in [-0.4, -0.2) is 24.8 Å². The summed E-state index contributed by atoms with van der Waals surface area (Å²) in [7, 11) is 0. The molecule has 2 rings (SSSR count). The molecule has 0 saturated carbocycles. The highest BCUT2D eigenvalue weighted by molar-refractivity contribution is 5.20. The van der Waals surface area contributed by atoms with Gasteiger partial charge in [-0.2, -0.15) is 0 Å². The molecule has 0 radical (unpaired) electrons. The van der Waals surface area contributed by atoms with Gasteiger partial charge in [0.05, 0.1) is 11.6 Å². The van der Waals surface area contributed by atoms with Gasteiger partial charge in [0.2, 0.25) is 0 Å². The van der Waals surface area contributed by atoms with Crippen molar-refractivity contribution in [1.29, 1.82) is 0 Å². The maximum absolute atomic E-state index is 6.01. The molecule has 1 fully saturated rings. The van der Waals surface area contributed by atoms with E-state index in [9.17, 15) is 0 Å². The molecule has 2 atom stereocenters. The van der Waals surface area contributed by atoms with Crippen LogP contribution >= 0.6 is 0 Å². The Morgan fingerprint density at radius 3 is 2.94 bits per heavy atom. The van der Waals surface area contributed by atoms with Crippen LogP contribution in [0.15, 0.2) is 11.6 Å². The number of allylic oxidation sites excluding steroid dienone is 1. The zero-order valence-corrected chi connectivity index (χ0v) is 10.7. The molecule has 0 aromatic heterocycles. The van der Waals surface area contributed by atoms with Gasteiger partial charge >= 0.3 is 0 Å². The number of ether oxygens (including phenoxy) is 1. The van der Waals surface area contributed by atoms with Gasteiger partial charge in [0.1, 0.15) is 0 Å². The molecule has 0 spiro atoms. The van der Waals surface area contributed by atoms with Crippen LogP contribution < -0.4 is 5.32 Å². The standard InChI is InChI=1S/C14H25NO/c1-3-10-15-13(12-7-4-5-8-12)14(2)9-6-11-16-14/h7,13,15H,3-6,8-11H2,1-2H3. The van der Waals surface area contributed by atoms with Gasteiger partial charge < -0.3 is 10.1 Å². The summed E-state index contributed by atoms with van der Waals surface area (Å²) >= 11 is 0. The van der Waals surface area contributed by atoms with Crippen molar-refractivity contribution >= 4 is 0 Å². The molecular weight excluding hydrogens is 198 g/mol. The summed E-state index contributed by atoms with van der Waals surface area (Å²) in [6.07, 6.45) is 9.89. The van der Waals surface area contributed by atoms with Crippen LogP contribution in [0.2, 0.25) is 0 Å². The Balaban J connectivity index is 2.06. The molecule has 2 aliphatic rings. The third kappa shape index (κ3) is 2.49. The maximum atomic E-state index is 6.01. The van der Waals surface area contributed by atoms with E-state index in [-0.39, 0.29) is 5.60 Å². The first-order valence-corrected chi connectivity index (χ1v) is 6.82. The fourth-order valence-corrected chi connectivity index (χ4v) is 3.01. The predicted molar refractivity (Wildman–Crippen MR) is 67.6 cm³/mol. The Bertz CT molecular complexity index is 253. The Kier molecular flexibility index (Phi) is 4.04. The van der Waals surface area contributed by atoms with E-state index in [0.29, 0.717) is 6.04 Å². The third-order valence-electron chi connectivity index (χ3n) is 3.91. The minimum atomic E-state index is 0.0470. The molecule has 2 nitrogen and oxygen atoms in total. The Hall–Kier alpha value is -0.340. The van der Waals surface area contributed by atoms with Crippen molar-refractivity contribution in [2.45, 2.75) is 64.0 Å². The highest BCUT2D eigenvalue weighted by Gasteiger charge is 2.40. The molecule has 16 heavy (non-hydrogen) atoms. The van der Waals surface area contributed by atoms with Gasteiger partial charge in [0.25, 0.3) is 0 Å². The van der Waals surface area contributed by atoms with Crippen molar-refractivity contribution in [2.75, 3.05) is 13.2 Å². The molecule has 2 heteroatoms. The summed E-state index contributed by atoms with van der Waals surface area (Å²) in [5.74, 6) is 0. The van der Waals surface area contributed by atoms with E-state index in [1.807, 2.05) is 0 Å². The predicted octanol–water partition coefficient (Wildman–Crippen LogP) is 3.03. The molecule has 2 unspecified atom stereocenters. The average molecular weight is 223 g/mol. The largest absolute Gasteiger partial charge is 0.373 e. The van der Waals surface area contributed by atoms with Crippen LogP contribution in [0.5, 0.6) is 0 Å². The molecule has 0 aromatic rings. The van der Waals surface area contributed by atoms with Gasteiger partial charge in [-0.05, 0) is 52.0 Å². The zero-order chi connectivity index (χ0) is 11.4. The van der Waals surface area contributed by atoms with E-state index in [4.69, 9.17) is 4.74 Å². The molecule has 0 amide bonds. The van der Waals surface area contributed by atoms with Crippen LogP contribution in [0.4, 0.5) is 0 Å². The second kappa shape index (κ2) is 5.33. The SMILES string of the molecule is CCCNC(C1=CCCC1)C1(C)CCCO1. The molecule has 1 aliphatic heterocycles. The maximum Gasteiger partial charge on any atom is 0.0845 e. The van der Waals surface area contributed by atoms with Gasteiger partial charge in [-0.3, -0.25) is 0 Å². The topological polar surface area (TPSA) is 21.3 Å². The summed E-state index contributed by atoms with van der Waals surface area (Å²) in [6, 6.07) is 0.456. The van der Waals surface area contributed by atoms with Crippen molar-refractivity contribution in [3.05, 3.63) is 11.6 Å². The minimum Gasteiger partial charge on any atom is -0.373 e. The van der Waals surface area contributed by atoms with E-state index in [2.05, 4.69) is 25.2 Å². The molecule has 1 N–H and O–H groups in total. The number of hydrogen-bond donors (Lipinski definition) is 1. The lowest BCUT2D eigenvalue weighted by molar-refractivity contribution is -0.00214. The lowest BCUT2D eigenvalue weighted by atomic mass is 9.87. The fourth-order valence-electron chi connectivity index (χ4n) is 3.01. The van der Waals surface area contributed by atoms with Crippen molar-refractivity contribution < 1.29 is 4.74 Å². The molecule has 0 bridgehead atoms. The highest BCUT2D eigenvalue weighted by atomic mass is 16.5. The van der Waals surface area contributed by atoms with E-state index in [1.54, 1.807) is 5.57 Å². The van der Waals surface area contributed by atoms with Gasteiger partial charge in [0.15, 0.2) is 0 Å². The summed E-state index contributed by atoms with van der Waals surface area (Å²) < 4.78 is 6.01. The summed E-state index contributed by atoms with van der Waals surface area (Å²) in [5, 5.41) is 3.70. The monoisotopic (exact) mass is 223 g/mol. The molecule has 0 aromatic carbocycles. The second-order valence-corrected chi connectivity index (χ2v) is 5.32. The summed E-state index contributed by atoms with van der Waals surface area (Å²) in [4.78, 5) is 0. The first-order valence-electron chi connectivity index (χ1n) is 6.82. The molecular formula is C14H25NO. The lowest BCUT2D eigenvalue weighted by Gasteiger charge is -2.35. The van der Waals surface area contributed by atoms with E-state index < -0.39 is 0 Å². The van der Waals surface area contributed by atoms with Crippen molar-refractivity contribution in [2.24, 2.45) is 0 Å². The second-order valence-electron chi connectivity index (χ2n) is 5.32. The Morgan fingerprint density at radius 2 is 2.38 bits per heavy atom. The van der Waals surface area contributed by atoms with E-state index in [0.717, 1.165) is 13.2 Å². The molecule has 1 aliphatic carbocycles. The molecule has 92 valence electrons. The third-order valence-corrected chi connectivity index (χ3v) is 3.91. The summed E-state index contributed by atoms with van der Waals surface area (Å²) in [5.41, 5.74) is 1.64. The fraction of sp³-hybridized carbons (Fsp3) is 0.857. The van der Waals surface area contributed by atoms with E-state index >= 15 is 0 Å². The Labute approximate surface area is 99.4 Å².